The van der Waals surface area contributed by atoms with Crippen molar-refractivity contribution in [1.82, 2.24) is 10.6 Å². The second-order valence-electron chi connectivity index (χ2n) is 7.29. The number of halogens is 3. The Hall–Kier alpha value is -2.18. The lowest BCUT2D eigenvalue weighted by atomic mass is 9.85. The van der Waals surface area contributed by atoms with E-state index in [0.717, 1.165) is 30.3 Å². The molecule has 1 aliphatic rings. The lowest BCUT2D eigenvalue weighted by Crippen LogP contribution is -2.50. The predicted molar refractivity (Wildman–Crippen MR) is 112 cm³/mol. The highest BCUT2D eigenvalue weighted by molar-refractivity contribution is 5.85. The smallest absolute Gasteiger partial charge is 0.220 e. The van der Waals surface area contributed by atoms with Gasteiger partial charge in [-0.2, -0.15) is 0 Å². The van der Waals surface area contributed by atoms with E-state index in [1.165, 1.54) is 6.07 Å². The van der Waals surface area contributed by atoms with E-state index < -0.39 is 11.6 Å². The van der Waals surface area contributed by atoms with Crippen LogP contribution in [0, 0.1) is 11.6 Å². The first-order valence-corrected chi connectivity index (χ1v) is 9.57. The summed E-state index contributed by atoms with van der Waals surface area (Å²) in [6.07, 6.45) is 1.07. The van der Waals surface area contributed by atoms with Crippen molar-refractivity contribution in [3.8, 4) is 5.75 Å². The summed E-state index contributed by atoms with van der Waals surface area (Å²) in [6, 6.07) is 11.5. The Balaban J connectivity index is 0.00000300. The fourth-order valence-corrected chi connectivity index (χ4v) is 3.88. The molecule has 3 unspecified atom stereocenters. The zero-order valence-electron chi connectivity index (χ0n) is 16.6. The second-order valence-corrected chi connectivity index (χ2v) is 7.29. The number of hydrogen-bond donors (Lipinski definition) is 2. The van der Waals surface area contributed by atoms with Gasteiger partial charge in [-0.05, 0) is 48.2 Å². The first-order chi connectivity index (χ1) is 13.5. The Kier molecular flexibility index (Phi) is 8.41. The van der Waals surface area contributed by atoms with Crippen molar-refractivity contribution in [3.63, 3.8) is 0 Å². The normalized spacial score (nSPS) is 19.7. The number of benzene rings is 2. The van der Waals surface area contributed by atoms with Crippen LogP contribution in [0.1, 0.15) is 42.7 Å². The summed E-state index contributed by atoms with van der Waals surface area (Å²) in [6.45, 7) is 3.36. The summed E-state index contributed by atoms with van der Waals surface area (Å²) in [5, 5.41) is 6.35. The topological polar surface area (TPSA) is 50.4 Å². The molecule has 1 fully saturated rings. The number of nitrogens with one attached hydrogen (secondary N) is 2. The van der Waals surface area contributed by atoms with Crippen molar-refractivity contribution in [2.45, 2.75) is 37.6 Å². The van der Waals surface area contributed by atoms with Gasteiger partial charge < -0.3 is 15.4 Å². The van der Waals surface area contributed by atoms with Gasteiger partial charge in [-0.1, -0.05) is 31.2 Å². The lowest BCUT2D eigenvalue weighted by molar-refractivity contribution is -0.122. The number of hydrogen-bond acceptors (Lipinski definition) is 3. The first-order valence-electron chi connectivity index (χ1n) is 9.57. The minimum Gasteiger partial charge on any atom is -0.496 e. The number of ether oxygens (including phenoxy) is 1. The van der Waals surface area contributed by atoms with Crippen LogP contribution in [-0.2, 0) is 4.79 Å². The van der Waals surface area contributed by atoms with Crippen LogP contribution in [0.3, 0.4) is 0 Å². The molecule has 1 heterocycles. The highest BCUT2D eigenvalue weighted by Crippen LogP contribution is 2.30. The largest absolute Gasteiger partial charge is 0.496 e. The maximum Gasteiger partial charge on any atom is 0.220 e. The van der Waals surface area contributed by atoms with Gasteiger partial charge in [-0.3, -0.25) is 4.79 Å². The molecule has 0 aromatic heterocycles. The van der Waals surface area contributed by atoms with Crippen LogP contribution >= 0.6 is 12.4 Å². The van der Waals surface area contributed by atoms with Gasteiger partial charge in [0.05, 0.1) is 7.11 Å². The van der Waals surface area contributed by atoms with Crippen LogP contribution in [0.5, 0.6) is 5.75 Å². The molecule has 1 aliphatic heterocycles. The maximum absolute atomic E-state index is 13.7. The highest BCUT2D eigenvalue weighted by atomic mass is 35.5. The Morgan fingerprint density at radius 3 is 2.72 bits per heavy atom. The molecule has 2 N–H and O–H groups in total. The standard InChI is InChI=1S/C22H26F2N2O2.ClH/c1-14(16-5-3-4-6-21(16)28-2)11-22(27)26-20-13-25-10-9-17(20)15-7-8-18(23)19(24)12-15;/h3-8,12,14,17,20,25H,9-11,13H2,1-2H3,(H,26,27);1H. The predicted octanol–water partition coefficient (Wildman–Crippen LogP) is 4.15. The zero-order chi connectivity index (χ0) is 20.1. The summed E-state index contributed by atoms with van der Waals surface area (Å²) in [4.78, 5) is 12.7. The second kappa shape index (κ2) is 10.6. The molecule has 3 atom stereocenters. The van der Waals surface area contributed by atoms with Crippen LogP contribution in [0.2, 0.25) is 0 Å². The molecule has 1 amide bonds. The fraction of sp³-hybridized carbons (Fsp3) is 0.409. The van der Waals surface area contributed by atoms with Gasteiger partial charge in [0.25, 0.3) is 0 Å². The molecule has 0 radical (unpaired) electrons. The molecule has 4 nitrogen and oxygen atoms in total. The first kappa shape index (κ1) is 23.1. The van der Waals surface area contributed by atoms with Crippen molar-refractivity contribution < 1.29 is 18.3 Å². The van der Waals surface area contributed by atoms with E-state index in [-0.39, 0.29) is 36.2 Å². The Labute approximate surface area is 176 Å². The quantitative estimate of drug-likeness (QED) is 0.732. The molecule has 0 saturated carbocycles. The number of rotatable bonds is 6. The van der Waals surface area contributed by atoms with Crippen LogP contribution in [0.4, 0.5) is 8.78 Å². The van der Waals surface area contributed by atoms with Crippen molar-refractivity contribution in [2.75, 3.05) is 20.2 Å². The molecule has 0 bridgehead atoms. The van der Waals surface area contributed by atoms with Crippen molar-refractivity contribution in [2.24, 2.45) is 0 Å². The molecular weight excluding hydrogens is 398 g/mol. The summed E-state index contributed by atoms with van der Waals surface area (Å²) in [5.74, 6) is -1.08. The van der Waals surface area contributed by atoms with Gasteiger partial charge in [0.2, 0.25) is 5.91 Å². The van der Waals surface area contributed by atoms with E-state index in [1.54, 1.807) is 13.2 Å². The van der Waals surface area contributed by atoms with Crippen LogP contribution in [0.15, 0.2) is 42.5 Å². The Morgan fingerprint density at radius 2 is 2.00 bits per heavy atom. The Bertz CT molecular complexity index is 834. The molecule has 3 rings (SSSR count). The molecule has 158 valence electrons. The van der Waals surface area contributed by atoms with E-state index >= 15 is 0 Å². The van der Waals surface area contributed by atoms with E-state index in [2.05, 4.69) is 10.6 Å². The molecule has 2 aromatic carbocycles. The van der Waals surface area contributed by atoms with Crippen molar-refractivity contribution in [3.05, 3.63) is 65.2 Å². The minimum absolute atomic E-state index is 0. The minimum atomic E-state index is -0.857. The van der Waals surface area contributed by atoms with Crippen molar-refractivity contribution in [1.29, 1.82) is 0 Å². The van der Waals surface area contributed by atoms with E-state index in [1.807, 2.05) is 31.2 Å². The molecular formula is C22H27ClF2N2O2. The van der Waals surface area contributed by atoms with E-state index in [0.29, 0.717) is 18.5 Å². The van der Waals surface area contributed by atoms with Crippen LogP contribution in [-0.4, -0.2) is 32.1 Å². The molecule has 2 aromatic rings. The maximum atomic E-state index is 13.7. The average Bonchev–Trinajstić information content (AvgIpc) is 2.70. The average molecular weight is 425 g/mol. The summed E-state index contributed by atoms with van der Waals surface area (Å²) in [5.41, 5.74) is 1.70. The molecule has 0 spiro atoms. The van der Waals surface area contributed by atoms with Gasteiger partial charge in [0, 0.05) is 24.9 Å². The lowest BCUT2D eigenvalue weighted by Gasteiger charge is -2.33. The number of methoxy groups -OCH3 is 1. The molecule has 7 heteroatoms. The third-order valence-corrected chi connectivity index (χ3v) is 5.36. The van der Waals surface area contributed by atoms with Gasteiger partial charge in [0.15, 0.2) is 11.6 Å². The monoisotopic (exact) mass is 424 g/mol. The number of amides is 1. The van der Waals surface area contributed by atoms with Gasteiger partial charge >= 0.3 is 0 Å². The molecule has 1 saturated heterocycles. The highest BCUT2D eigenvalue weighted by Gasteiger charge is 2.29. The third kappa shape index (κ3) is 5.67. The van der Waals surface area contributed by atoms with Gasteiger partial charge in [-0.25, -0.2) is 8.78 Å². The molecule has 29 heavy (non-hydrogen) atoms. The Morgan fingerprint density at radius 1 is 1.24 bits per heavy atom. The zero-order valence-corrected chi connectivity index (χ0v) is 17.4. The number of carbonyl (C=O) groups excluding carboxylic acids is 1. The third-order valence-electron chi connectivity index (χ3n) is 5.36. The van der Waals surface area contributed by atoms with Gasteiger partial charge in [0.1, 0.15) is 5.75 Å². The summed E-state index contributed by atoms with van der Waals surface area (Å²) in [7, 11) is 1.62. The van der Waals surface area contributed by atoms with Crippen LogP contribution < -0.4 is 15.4 Å². The van der Waals surface area contributed by atoms with E-state index in [9.17, 15) is 13.6 Å². The summed E-state index contributed by atoms with van der Waals surface area (Å²) >= 11 is 0. The number of carbonyl (C=O) groups is 1. The van der Waals surface area contributed by atoms with Gasteiger partial charge in [-0.15, -0.1) is 12.4 Å². The SMILES string of the molecule is COc1ccccc1C(C)CC(=O)NC1CNCCC1c1ccc(F)c(F)c1.Cl. The number of para-hydroxylation sites is 1. The summed E-state index contributed by atoms with van der Waals surface area (Å²) < 4.78 is 32.3. The fourth-order valence-electron chi connectivity index (χ4n) is 3.88. The number of piperidine rings is 1. The molecule has 0 aliphatic carbocycles. The van der Waals surface area contributed by atoms with E-state index in [4.69, 9.17) is 4.74 Å². The van der Waals surface area contributed by atoms with Crippen LogP contribution in [0.25, 0.3) is 0 Å². The van der Waals surface area contributed by atoms with Crippen molar-refractivity contribution >= 4 is 18.3 Å².